The molecule has 2 aromatic heterocycles. The lowest BCUT2D eigenvalue weighted by Crippen LogP contribution is -2.42. The van der Waals surface area contributed by atoms with Crippen molar-refractivity contribution in [2.45, 2.75) is 230 Å². The van der Waals surface area contributed by atoms with Crippen LogP contribution >= 0.6 is 11.6 Å². The van der Waals surface area contributed by atoms with Gasteiger partial charge in [0.2, 0.25) is 0 Å². The number of ether oxygens (including phenoxy) is 8. The van der Waals surface area contributed by atoms with Gasteiger partial charge in [0.05, 0.1) is 74.3 Å². The van der Waals surface area contributed by atoms with Gasteiger partial charge in [0.25, 0.3) is 25.9 Å². The van der Waals surface area contributed by atoms with Gasteiger partial charge in [-0.05, 0) is 265 Å². The summed E-state index contributed by atoms with van der Waals surface area (Å²) in [5.41, 5.74) is 11.3. The van der Waals surface area contributed by atoms with Crippen LogP contribution in [0.2, 0.25) is 5.02 Å². The first-order valence-electron chi connectivity index (χ1n) is 46.6. The minimum atomic E-state index is -0.657. The maximum Gasteiger partial charge on any atom is 0.293 e. The van der Waals surface area contributed by atoms with E-state index < -0.39 is 39.9 Å². The van der Waals surface area contributed by atoms with E-state index in [0.29, 0.717) is 115 Å². The SMILES string of the molecule is CC(C)CN(c1ccc(C2(OC=O)CCC2)cc1Nc1ccc(C#N)cn1)C1CCOCC1.CC(C)CN(c1ccc(C2(OC=O)CCC2)cc1Nc1ccc(Cl)cc1F)C1CCOCC1.CC(C)CN(c1ccc(C2(OC=O)CCC2)cc1Nc1ccc(F)cc1F)C1CCOCC1.CC(C)CN(c1ccc(C2(OC=O)CCC2)cc1Nc1cnn(C)c1)C1CCOCC1. The highest BCUT2D eigenvalue weighted by molar-refractivity contribution is 6.30. The van der Waals surface area contributed by atoms with E-state index in [4.69, 9.17) is 54.8 Å². The van der Waals surface area contributed by atoms with Gasteiger partial charge >= 0.3 is 0 Å². The molecule has 6 heterocycles. The number of halogens is 4. The summed E-state index contributed by atoms with van der Waals surface area (Å²) in [7, 11) is 1.91. The van der Waals surface area contributed by atoms with Crippen LogP contribution in [0.25, 0.3) is 0 Å². The average Bonchev–Trinajstić information content (AvgIpc) is 1.08. The lowest BCUT2D eigenvalue weighted by molar-refractivity contribution is -0.156. The van der Waals surface area contributed by atoms with Gasteiger partial charge in [0.1, 0.15) is 51.7 Å². The van der Waals surface area contributed by atoms with E-state index in [1.165, 1.54) is 23.9 Å². The lowest BCUT2D eigenvalue weighted by Gasteiger charge is -2.42. The zero-order valence-electron chi connectivity index (χ0n) is 76.8. The Morgan fingerprint density at radius 2 is 0.754 bits per heavy atom. The van der Waals surface area contributed by atoms with Crippen LogP contribution in [0.1, 0.15) is 212 Å². The van der Waals surface area contributed by atoms with Gasteiger partial charge in [-0.15, -0.1) is 0 Å². The van der Waals surface area contributed by atoms with Crippen molar-refractivity contribution in [3.05, 3.63) is 190 Å². The first-order chi connectivity index (χ1) is 62.9. The topological polar surface area (TPSA) is 258 Å². The molecule has 130 heavy (non-hydrogen) atoms. The number of pyridine rings is 1. The van der Waals surface area contributed by atoms with Crippen molar-refractivity contribution in [3.63, 3.8) is 0 Å². The molecule has 4 saturated heterocycles. The van der Waals surface area contributed by atoms with E-state index in [0.717, 1.165) is 262 Å². The maximum absolute atomic E-state index is 14.7. The van der Waals surface area contributed by atoms with Crippen molar-refractivity contribution in [1.82, 2.24) is 14.8 Å². The van der Waals surface area contributed by atoms with E-state index in [1.54, 1.807) is 29.1 Å². The van der Waals surface area contributed by atoms with Gasteiger partial charge in [-0.3, -0.25) is 23.9 Å². The summed E-state index contributed by atoms with van der Waals surface area (Å²) in [5.74, 6) is 0.864. The Kier molecular flexibility index (Phi) is 33.9. The summed E-state index contributed by atoms with van der Waals surface area (Å²) >= 11 is 5.97. The Balaban J connectivity index is 0.000000148. The van der Waals surface area contributed by atoms with Crippen molar-refractivity contribution in [2.24, 2.45) is 30.7 Å². The summed E-state index contributed by atoms with van der Waals surface area (Å²) in [5, 5.41) is 27.3. The second-order valence-electron chi connectivity index (χ2n) is 37.4. The fourth-order valence-electron chi connectivity index (χ4n) is 19.1. The molecule has 8 aliphatic rings. The van der Waals surface area contributed by atoms with Gasteiger partial charge in [0, 0.05) is 134 Å². The van der Waals surface area contributed by atoms with Crippen molar-refractivity contribution in [2.75, 3.05) is 120 Å². The molecule has 0 unspecified atom stereocenters. The van der Waals surface area contributed by atoms with Crippen LogP contribution in [0.5, 0.6) is 0 Å². The monoisotopic (exact) mass is 1810 g/mol. The molecule has 4 N–H and O–H groups in total. The number of benzene rings is 6. The Labute approximate surface area is 769 Å². The summed E-state index contributed by atoms with van der Waals surface area (Å²) in [6.45, 7) is 29.6. The number of hydrogen-bond acceptors (Lipinski definition) is 23. The number of nitriles is 1. The van der Waals surface area contributed by atoms with Gasteiger partial charge in [0.15, 0.2) is 0 Å². The van der Waals surface area contributed by atoms with Crippen molar-refractivity contribution in [1.29, 1.82) is 5.26 Å². The van der Waals surface area contributed by atoms with E-state index in [2.05, 4.69) is 155 Å². The molecule has 0 radical (unpaired) electrons. The number of rotatable bonds is 36. The second kappa shape index (κ2) is 45.5. The predicted octanol–water partition coefficient (Wildman–Crippen LogP) is 21.6. The third-order valence-corrected chi connectivity index (χ3v) is 26.6. The van der Waals surface area contributed by atoms with E-state index in [9.17, 15) is 32.3 Å². The van der Waals surface area contributed by atoms with Crippen LogP contribution in [0.3, 0.4) is 0 Å². The van der Waals surface area contributed by atoms with Crippen LogP contribution in [-0.4, -0.2) is 144 Å². The second-order valence-corrected chi connectivity index (χ2v) is 37.9. The van der Waals surface area contributed by atoms with Gasteiger partial charge in [-0.1, -0.05) is 91.3 Å². The van der Waals surface area contributed by atoms with E-state index in [1.807, 2.05) is 55.8 Å². The predicted molar refractivity (Wildman–Crippen MR) is 504 cm³/mol. The van der Waals surface area contributed by atoms with Crippen molar-refractivity contribution >= 4 is 106 Å². The summed E-state index contributed by atoms with van der Waals surface area (Å²) in [6, 6.07) is 40.3. The number of aryl methyl sites for hydroxylation is 1. The molecule has 6 aromatic carbocycles. The standard InChI is InChI=1S/C26H32ClFN2O3.C26H32F2N2O3.C26H32N4O3.C24H34N4O3/c2*1-18(2)16-30(21-8-12-32-13-9-21)25-7-4-19(26(33-17-31)10-3-11-26)14-24(25)29-23-6-5-20(27)15-22(23)28;1-19(2)17-30(22-8-12-32-13-9-22)24-6-5-21(26(33-18-31)10-3-11-26)14-23(24)29-25-7-4-20(15-27)16-28-25;1-18(2)15-28(21-7-11-30-12-8-21)23-6-5-19(24(31-17-29)9-4-10-24)13-22(23)26-20-14-25-27(3)16-20/h2*4-7,14-15,17-18,21,29H,3,8-13,16H2,1-2H3;4-7,14,16,18-19,22H,3,8-13,17H2,1-2H3,(H,28,29);5-6,13-14,16-18,21,26H,4,7-12,15H2,1-3H3. The zero-order chi connectivity index (χ0) is 92.0. The summed E-state index contributed by atoms with van der Waals surface area (Å²) in [6.07, 6.45) is 23.7. The third-order valence-electron chi connectivity index (χ3n) is 26.4. The van der Waals surface area contributed by atoms with Crippen molar-refractivity contribution in [3.8, 4) is 6.07 Å². The first kappa shape index (κ1) is 96.9. The number of carbonyl (C=O) groups is 4. The number of carbonyl (C=O) groups excluding carboxylic acids is 4. The van der Waals surface area contributed by atoms with Crippen LogP contribution in [-0.2, 0) is 86.5 Å². The quantitative estimate of drug-likeness (QED) is 0.0210. The van der Waals surface area contributed by atoms with Gasteiger partial charge < -0.3 is 78.8 Å². The van der Waals surface area contributed by atoms with Crippen LogP contribution in [0, 0.1) is 52.5 Å². The molecule has 8 aromatic rings. The molecular weight excluding hydrogens is 1680 g/mol. The molecule has 0 amide bonds. The number of hydrogen-bond donors (Lipinski definition) is 4. The Bertz CT molecular complexity index is 4910. The number of aromatic nitrogens is 3. The molecule has 16 rings (SSSR count). The molecule has 0 spiro atoms. The first-order valence-corrected chi connectivity index (χ1v) is 47.0. The Hall–Kier alpha value is -10.6. The largest absolute Gasteiger partial charge is 0.456 e. The molecule has 24 nitrogen and oxygen atoms in total. The third kappa shape index (κ3) is 24.2. The number of anilines is 12. The highest BCUT2D eigenvalue weighted by Gasteiger charge is 2.46. The van der Waals surface area contributed by atoms with E-state index in [-0.39, 0.29) is 5.69 Å². The van der Waals surface area contributed by atoms with Crippen molar-refractivity contribution < 1.29 is 70.2 Å². The summed E-state index contributed by atoms with van der Waals surface area (Å²) < 4.78 is 89.2. The highest BCUT2D eigenvalue weighted by atomic mass is 35.5. The molecule has 4 aliphatic carbocycles. The van der Waals surface area contributed by atoms with Crippen LogP contribution in [0.4, 0.5) is 81.6 Å². The number of nitrogens with one attached hydrogen (secondary N) is 4. The fourth-order valence-corrected chi connectivity index (χ4v) is 19.2. The molecule has 0 atom stereocenters. The minimum absolute atomic E-state index is 0.199. The molecule has 8 fully saturated rings. The van der Waals surface area contributed by atoms with Gasteiger partial charge in [-0.25, -0.2) is 18.2 Å². The molecule has 4 aliphatic heterocycles. The minimum Gasteiger partial charge on any atom is -0.456 e. The fraction of sp³-hybridized carbons (Fsp3) is 0.520. The lowest BCUT2D eigenvalue weighted by atomic mass is 9.74. The molecule has 0 bridgehead atoms. The van der Waals surface area contributed by atoms with E-state index >= 15 is 0 Å². The molecule has 4 saturated carbocycles. The normalized spacial score (nSPS) is 18.0. The molecule has 28 heteroatoms. The van der Waals surface area contributed by atoms with Gasteiger partial charge in [-0.2, -0.15) is 10.4 Å². The summed E-state index contributed by atoms with van der Waals surface area (Å²) in [4.78, 5) is 59.1. The average molecular weight is 1810 g/mol. The zero-order valence-corrected chi connectivity index (χ0v) is 77.6. The van der Waals surface area contributed by atoms with Crippen LogP contribution in [0.15, 0.2) is 140 Å². The molecule has 698 valence electrons. The highest BCUT2D eigenvalue weighted by Crippen LogP contribution is 2.52. The van der Waals surface area contributed by atoms with Crippen LogP contribution < -0.4 is 40.9 Å². The number of nitrogens with zero attached hydrogens (tertiary/aromatic N) is 8. The Morgan fingerprint density at radius 3 is 1.02 bits per heavy atom. The maximum atomic E-state index is 14.7. The molecular formula is C102H130ClF3N12O12. The smallest absolute Gasteiger partial charge is 0.293 e. The Morgan fingerprint density at radius 1 is 0.431 bits per heavy atom.